The maximum absolute atomic E-state index is 11.9. The van der Waals surface area contributed by atoms with Gasteiger partial charge in [0.05, 0.1) is 5.41 Å². The average Bonchev–Trinajstić information content (AvgIpc) is 2.89. The molecule has 7 heteroatoms. The number of nitrogens with zero attached hydrogens (tertiary/aromatic N) is 3. The minimum absolute atomic E-state index is 0.369. The molecule has 0 spiro atoms. The number of halogens is 1. The van der Waals surface area contributed by atoms with Crippen molar-refractivity contribution in [2.24, 2.45) is 5.41 Å². The van der Waals surface area contributed by atoms with Crippen molar-refractivity contribution in [1.82, 2.24) is 20.1 Å². The van der Waals surface area contributed by atoms with E-state index in [1.165, 1.54) is 0 Å². The lowest BCUT2D eigenvalue weighted by molar-refractivity contribution is -0.150. The molecule has 2 N–H and O–H groups in total. The quantitative estimate of drug-likeness (QED) is 0.896. The minimum Gasteiger partial charge on any atom is -0.481 e. The van der Waals surface area contributed by atoms with Crippen molar-refractivity contribution in [1.29, 1.82) is 0 Å². The molecule has 0 amide bonds. The van der Waals surface area contributed by atoms with Gasteiger partial charge in [0, 0.05) is 17.1 Å². The number of benzene rings is 1. The van der Waals surface area contributed by atoms with E-state index >= 15 is 0 Å². The average molecular weight is 335 g/mol. The Hall–Kier alpha value is -1.92. The third-order valence-electron chi connectivity index (χ3n) is 4.49. The lowest BCUT2D eigenvalue weighted by atomic mass is 9.76. The Kier molecular flexibility index (Phi) is 4.37. The molecule has 1 saturated heterocycles. The number of aromatic nitrogens is 3. The number of hydrogen-bond acceptors (Lipinski definition) is 4. The second kappa shape index (κ2) is 6.29. The summed E-state index contributed by atoms with van der Waals surface area (Å²) in [5.41, 5.74) is 0.107. The number of hydrogen-bond donors (Lipinski definition) is 2. The molecule has 0 radical (unpaired) electrons. The van der Waals surface area contributed by atoms with Crippen LogP contribution in [0.4, 0.5) is 0 Å². The highest BCUT2D eigenvalue weighted by Gasteiger charge is 2.41. The molecule has 0 aliphatic carbocycles. The van der Waals surface area contributed by atoms with Gasteiger partial charge in [0.15, 0.2) is 0 Å². The molecule has 0 unspecified atom stereocenters. The molecular formula is C16H19ClN4O2. The molecule has 122 valence electrons. The fraction of sp³-hybridized carbons (Fsp3) is 0.438. The summed E-state index contributed by atoms with van der Waals surface area (Å²) in [5, 5.41) is 22.0. The molecule has 1 aliphatic heterocycles. The van der Waals surface area contributed by atoms with Crippen LogP contribution in [0.3, 0.4) is 0 Å². The molecule has 1 aromatic heterocycles. The first-order valence-corrected chi connectivity index (χ1v) is 8.01. The Morgan fingerprint density at radius 3 is 2.57 bits per heavy atom. The third-order valence-corrected chi connectivity index (χ3v) is 4.74. The Morgan fingerprint density at radius 2 is 1.96 bits per heavy atom. The zero-order valence-electron chi connectivity index (χ0n) is 12.9. The van der Waals surface area contributed by atoms with Gasteiger partial charge in [0.2, 0.25) is 0 Å². The molecular weight excluding hydrogens is 316 g/mol. The standard InChI is InChI=1S/C16H19ClN4O2/c1-11-19-20-14(21(11)13-4-2-12(17)3-5-13)10-16(15(22)23)6-8-18-9-7-16/h2-5,18H,6-10H2,1H3,(H,22,23). The second-order valence-corrected chi connectivity index (χ2v) is 6.42. The van der Waals surface area contributed by atoms with Crippen molar-refractivity contribution in [3.8, 4) is 5.69 Å². The number of rotatable bonds is 4. The predicted molar refractivity (Wildman–Crippen MR) is 87.0 cm³/mol. The van der Waals surface area contributed by atoms with Gasteiger partial charge >= 0.3 is 5.97 Å². The van der Waals surface area contributed by atoms with Crippen molar-refractivity contribution >= 4 is 17.6 Å². The van der Waals surface area contributed by atoms with Gasteiger partial charge in [-0.3, -0.25) is 9.36 Å². The smallest absolute Gasteiger partial charge is 0.310 e. The van der Waals surface area contributed by atoms with Crippen LogP contribution < -0.4 is 5.32 Å². The fourth-order valence-electron chi connectivity index (χ4n) is 3.12. The summed E-state index contributed by atoms with van der Waals surface area (Å²) in [5.74, 6) is 0.647. The van der Waals surface area contributed by atoms with E-state index < -0.39 is 11.4 Å². The summed E-state index contributed by atoms with van der Waals surface area (Å²) in [4.78, 5) is 11.9. The normalized spacial score (nSPS) is 17.1. The van der Waals surface area contributed by atoms with Crippen LogP contribution >= 0.6 is 11.6 Å². The van der Waals surface area contributed by atoms with Crippen LogP contribution in [0.1, 0.15) is 24.5 Å². The summed E-state index contributed by atoms with van der Waals surface area (Å²) < 4.78 is 1.91. The van der Waals surface area contributed by atoms with Crippen LogP contribution in [0.25, 0.3) is 5.69 Å². The van der Waals surface area contributed by atoms with Crippen molar-refractivity contribution in [2.75, 3.05) is 13.1 Å². The van der Waals surface area contributed by atoms with Gasteiger partial charge in [-0.1, -0.05) is 11.6 Å². The van der Waals surface area contributed by atoms with Gasteiger partial charge in [0.25, 0.3) is 0 Å². The van der Waals surface area contributed by atoms with Crippen molar-refractivity contribution in [2.45, 2.75) is 26.2 Å². The Bertz CT molecular complexity index is 705. The van der Waals surface area contributed by atoms with E-state index in [1.807, 2.05) is 23.6 Å². The van der Waals surface area contributed by atoms with Crippen LogP contribution in [0.15, 0.2) is 24.3 Å². The first-order chi connectivity index (χ1) is 11.0. The van der Waals surface area contributed by atoms with Crippen LogP contribution in [0.2, 0.25) is 5.02 Å². The van der Waals surface area contributed by atoms with Crippen LogP contribution in [-0.2, 0) is 11.2 Å². The monoisotopic (exact) mass is 334 g/mol. The van der Waals surface area contributed by atoms with Gasteiger partial charge in [-0.25, -0.2) is 0 Å². The highest BCUT2D eigenvalue weighted by Crippen LogP contribution is 2.33. The highest BCUT2D eigenvalue weighted by molar-refractivity contribution is 6.30. The summed E-state index contributed by atoms with van der Waals surface area (Å²) in [6.45, 7) is 3.28. The number of carboxylic acid groups (broad SMARTS) is 1. The molecule has 1 fully saturated rings. The number of carboxylic acids is 1. The van der Waals surface area contributed by atoms with Gasteiger partial charge in [-0.2, -0.15) is 0 Å². The zero-order valence-corrected chi connectivity index (χ0v) is 13.7. The highest BCUT2D eigenvalue weighted by atomic mass is 35.5. The summed E-state index contributed by atoms with van der Waals surface area (Å²) >= 11 is 5.95. The molecule has 1 aromatic carbocycles. The molecule has 0 atom stereocenters. The van der Waals surface area contributed by atoms with E-state index in [-0.39, 0.29) is 0 Å². The van der Waals surface area contributed by atoms with E-state index in [1.54, 1.807) is 12.1 Å². The fourth-order valence-corrected chi connectivity index (χ4v) is 3.25. The molecule has 0 bridgehead atoms. The Labute approximate surface area is 139 Å². The Morgan fingerprint density at radius 1 is 1.30 bits per heavy atom. The Balaban J connectivity index is 1.97. The lowest BCUT2D eigenvalue weighted by Gasteiger charge is -2.33. The molecule has 0 saturated carbocycles. The number of piperidine rings is 1. The molecule has 1 aliphatic rings. The number of nitrogens with one attached hydrogen (secondary N) is 1. The van der Waals surface area contributed by atoms with Gasteiger partial charge < -0.3 is 10.4 Å². The van der Waals surface area contributed by atoms with E-state index in [0.717, 1.165) is 11.5 Å². The third kappa shape index (κ3) is 3.09. The number of carbonyl (C=O) groups is 1. The first kappa shape index (κ1) is 16.0. The zero-order chi connectivity index (χ0) is 16.4. The van der Waals surface area contributed by atoms with Crippen LogP contribution in [0.5, 0.6) is 0 Å². The van der Waals surface area contributed by atoms with E-state index in [9.17, 15) is 9.90 Å². The second-order valence-electron chi connectivity index (χ2n) is 5.99. The molecule has 2 heterocycles. The molecule has 2 aromatic rings. The molecule has 23 heavy (non-hydrogen) atoms. The van der Waals surface area contributed by atoms with Crippen LogP contribution in [-0.4, -0.2) is 38.9 Å². The van der Waals surface area contributed by atoms with Gasteiger partial charge in [-0.15, -0.1) is 10.2 Å². The van der Waals surface area contributed by atoms with Crippen LogP contribution in [0, 0.1) is 12.3 Å². The SMILES string of the molecule is Cc1nnc(CC2(C(=O)O)CCNCC2)n1-c1ccc(Cl)cc1. The lowest BCUT2D eigenvalue weighted by Crippen LogP contribution is -2.44. The largest absolute Gasteiger partial charge is 0.481 e. The topological polar surface area (TPSA) is 80.0 Å². The first-order valence-electron chi connectivity index (χ1n) is 7.63. The number of aryl methyl sites for hydroxylation is 1. The van der Waals surface area contributed by atoms with Crippen molar-refractivity contribution in [3.63, 3.8) is 0 Å². The molecule has 3 rings (SSSR count). The van der Waals surface area contributed by atoms with Crippen molar-refractivity contribution in [3.05, 3.63) is 40.9 Å². The maximum atomic E-state index is 11.9. The maximum Gasteiger partial charge on any atom is 0.310 e. The van der Waals surface area contributed by atoms with Gasteiger partial charge in [-0.05, 0) is 57.1 Å². The summed E-state index contributed by atoms with van der Waals surface area (Å²) in [6, 6.07) is 7.38. The van der Waals surface area contributed by atoms with Crippen molar-refractivity contribution < 1.29 is 9.90 Å². The summed E-state index contributed by atoms with van der Waals surface area (Å²) in [7, 11) is 0. The van der Waals surface area contributed by atoms with E-state index in [0.29, 0.717) is 43.2 Å². The van der Waals surface area contributed by atoms with Gasteiger partial charge in [0.1, 0.15) is 11.6 Å². The van der Waals surface area contributed by atoms with E-state index in [2.05, 4.69) is 15.5 Å². The molecule has 6 nitrogen and oxygen atoms in total. The number of aliphatic carboxylic acids is 1. The minimum atomic E-state index is -0.783. The predicted octanol–water partition coefficient (Wildman–Crippen LogP) is 2.23. The summed E-state index contributed by atoms with van der Waals surface area (Å²) in [6.07, 6.45) is 1.55. The van der Waals surface area contributed by atoms with E-state index in [4.69, 9.17) is 11.6 Å².